The molecule has 1 atom stereocenters. The van der Waals surface area contributed by atoms with Crippen molar-refractivity contribution < 1.29 is 4.79 Å². The summed E-state index contributed by atoms with van der Waals surface area (Å²) >= 11 is 1.35. The predicted octanol–water partition coefficient (Wildman–Crippen LogP) is 0.680. The molecule has 0 aliphatic heterocycles. The summed E-state index contributed by atoms with van der Waals surface area (Å²) in [4.78, 5) is 32.1. The summed E-state index contributed by atoms with van der Waals surface area (Å²) in [5, 5.41) is 1.82. The van der Waals surface area contributed by atoms with Gasteiger partial charge in [-0.2, -0.15) is 0 Å². The van der Waals surface area contributed by atoms with Crippen molar-refractivity contribution in [1.29, 1.82) is 0 Å². The summed E-state index contributed by atoms with van der Waals surface area (Å²) in [6.45, 7) is 2.05. The maximum atomic E-state index is 11.8. The van der Waals surface area contributed by atoms with Crippen molar-refractivity contribution in [2.24, 2.45) is 5.73 Å². The molecule has 0 bridgehead atoms. The van der Waals surface area contributed by atoms with Gasteiger partial charge >= 0.3 is 0 Å². The highest BCUT2D eigenvalue weighted by molar-refractivity contribution is 7.17. The summed E-state index contributed by atoms with van der Waals surface area (Å²) in [7, 11) is 1.67. The molecule has 0 aliphatic rings. The molecular weight excluding hydrogens is 264 g/mol. The number of rotatable bonds is 4. The number of nitrogens with two attached hydrogens (primary N) is 1. The first-order chi connectivity index (χ1) is 8.97. The number of fused-ring (bicyclic) bond motifs is 1. The summed E-state index contributed by atoms with van der Waals surface area (Å²) in [6.07, 6.45) is 0.279. The highest BCUT2D eigenvalue weighted by atomic mass is 32.1. The van der Waals surface area contributed by atoms with Gasteiger partial charge in [-0.1, -0.05) is 0 Å². The molecule has 2 heterocycles. The van der Waals surface area contributed by atoms with E-state index < -0.39 is 0 Å². The van der Waals surface area contributed by atoms with E-state index >= 15 is 0 Å². The van der Waals surface area contributed by atoms with Gasteiger partial charge in [0.25, 0.3) is 5.56 Å². The van der Waals surface area contributed by atoms with Crippen molar-refractivity contribution in [3.63, 3.8) is 0 Å². The molecule has 0 saturated heterocycles. The largest absolute Gasteiger partial charge is 0.338 e. The van der Waals surface area contributed by atoms with Crippen LogP contribution in [0.15, 0.2) is 16.2 Å². The molecular formula is C12H16N4O2S. The summed E-state index contributed by atoms with van der Waals surface area (Å²) in [5.41, 5.74) is 6.09. The Hall–Kier alpha value is -1.73. The molecule has 1 amide bonds. The van der Waals surface area contributed by atoms with E-state index in [4.69, 9.17) is 5.73 Å². The van der Waals surface area contributed by atoms with Crippen LogP contribution in [0.1, 0.15) is 19.2 Å². The molecule has 7 heteroatoms. The number of hydrogen-bond acceptors (Lipinski definition) is 5. The van der Waals surface area contributed by atoms with E-state index in [2.05, 4.69) is 9.97 Å². The lowest BCUT2D eigenvalue weighted by Gasteiger charge is -2.17. The number of nitrogens with one attached hydrogen (secondary N) is 1. The van der Waals surface area contributed by atoms with Crippen molar-refractivity contribution in [2.45, 2.75) is 25.9 Å². The Morgan fingerprint density at radius 3 is 3.05 bits per heavy atom. The van der Waals surface area contributed by atoms with Crippen LogP contribution in [0.5, 0.6) is 0 Å². The minimum atomic E-state index is -0.179. The van der Waals surface area contributed by atoms with Gasteiger partial charge in [0.05, 0.1) is 12.1 Å². The van der Waals surface area contributed by atoms with E-state index in [9.17, 15) is 9.59 Å². The first kappa shape index (κ1) is 13.7. The molecule has 0 saturated carbocycles. The lowest BCUT2D eigenvalue weighted by molar-refractivity contribution is -0.130. The van der Waals surface area contributed by atoms with Crippen LogP contribution in [0.25, 0.3) is 10.2 Å². The Labute approximate surface area is 114 Å². The Morgan fingerprint density at radius 2 is 2.37 bits per heavy atom. The van der Waals surface area contributed by atoms with Crippen molar-refractivity contribution >= 4 is 27.5 Å². The van der Waals surface area contributed by atoms with E-state index in [0.29, 0.717) is 16.0 Å². The Morgan fingerprint density at radius 1 is 1.63 bits per heavy atom. The van der Waals surface area contributed by atoms with Gasteiger partial charge in [-0.15, -0.1) is 11.3 Å². The van der Waals surface area contributed by atoms with E-state index in [1.807, 2.05) is 5.38 Å². The van der Waals surface area contributed by atoms with Gasteiger partial charge in [-0.05, 0) is 18.4 Å². The molecule has 2 aromatic rings. The fourth-order valence-electron chi connectivity index (χ4n) is 1.74. The highest BCUT2D eigenvalue weighted by Gasteiger charge is 2.13. The lowest BCUT2D eigenvalue weighted by atomic mass is 10.2. The Balaban J connectivity index is 2.17. The van der Waals surface area contributed by atoms with Crippen LogP contribution in [0.2, 0.25) is 0 Å². The first-order valence-corrected chi connectivity index (χ1v) is 6.81. The van der Waals surface area contributed by atoms with E-state index in [0.717, 1.165) is 0 Å². The zero-order chi connectivity index (χ0) is 14.0. The second-order valence-electron chi connectivity index (χ2n) is 4.58. The lowest BCUT2D eigenvalue weighted by Crippen LogP contribution is -2.32. The Kier molecular flexibility index (Phi) is 3.96. The number of carbonyl (C=O) groups excluding carboxylic acids is 1. The molecule has 2 rings (SSSR count). The summed E-state index contributed by atoms with van der Waals surface area (Å²) in [5.74, 6) is 0.416. The van der Waals surface area contributed by atoms with Crippen LogP contribution in [0.3, 0.4) is 0 Å². The normalized spacial score (nSPS) is 12.6. The van der Waals surface area contributed by atoms with Crippen molar-refractivity contribution in [3.05, 3.63) is 27.6 Å². The Bertz CT molecular complexity index is 646. The first-order valence-electron chi connectivity index (χ1n) is 5.93. The molecule has 0 aromatic carbocycles. The van der Waals surface area contributed by atoms with Crippen LogP contribution in [0.4, 0.5) is 0 Å². The zero-order valence-corrected chi connectivity index (χ0v) is 11.7. The molecule has 6 nitrogen and oxygen atoms in total. The smallest absolute Gasteiger partial charge is 0.268 e. The molecule has 102 valence electrons. The fourth-order valence-corrected chi connectivity index (χ4v) is 2.47. The number of H-pyrrole nitrogens is 1. The van der Waals surface area contributed by atoms with E-state index in [1.165, 1.54) is 16.2 Å². The van der Waals surface area contributed by atoms with Gasteiger partial charge in [-0.3, -0.25) is 9.59 Å². The molecule has 0 radical (unpaired) electrons. The SMILES string of the molecule is CC(N)CC(=O)N(C)Cc1nc2ccsc2c(=O)[nH]1. The van der Waals surface area contributed by atoms with Crippen LogP contribution in [-0.2, 0) is 11.3 Å². The average Bonchev–Trinajstić information content (AvgIpc) is 2.76. The zero-order valence-electron chi connectivity index (χ0n) is 10.8. The average molecular weight is 280 g/mol. The van der Waals surface area contributed by atoms with Gasteiger partial charge in [0.1, 0.15) is 10.5 Å². The molecule has 2 aromatic heterocycles. The minimum absolute atomic E-state index is 0.0666. The number of aromatic nitrogens is 2. The second-order valence-corrected chi connectivity index (χ2v) is 5.49. The van der Waals surface area contributed by atoms with E-state index in [1.54, 1.807) is 20.0 Å². The minimum Gasteiger partial charge on any atom is -0.338 e. The molecule has 0 aliphatic carbocycles. The van der Waals surface area contributed by atoms with Crippen LogP contribution in [-0.4, -0.2) is 33.9 Å². The monoisotopic (exact) mass is 280 g/mol. The maximum Gasteiger partial charge on any atom is 0.268 e. The van der Waals surface area contributed by atoms with Crippen molar-refractivity contribution in [2.75, 3.05) is 7.05 Å². The third-order valence-corrected chi connectivity index (χ3v) is 3.58. The number of thiophene rings is 1. The van der Waals surface area contributed by atoms with Gasteiger partial charge in [0, 0.05) is 19.5 Å². The standard InChI is InChI=1S/C12H16N4O2S/c1-7(13)5-10(17)16(2)6-9-14-8-3-4-19-11(8)12(18)15-9/h3-4,7H,5-6,13H2,1-2H3,(H,14,15,18). The molecule has 19 heavy (non-hydrogen) atoms. The third-order valence-electron chi connectivity index (χ3n) is 2.67. The van der Waals surface area contributed by atoms with Gasteiger partial charge in [0.2, 0.25) is 5.91 Å². The van der Waals surface area contributed by atoms with E-state index in [-0.39, 0.29) is 30.5 Å². The number of aromatic amines is 1. The van der Waals surface area contributed by atoms with Gasteiger partial charge in [-0.25, -0.2) is 4.98 Å². The summed E-state index contributed by atoms with van der Waals surface area (Å²) in [6, 6.07) is 1.61. The number of carbonyl (C=O) groups is 1. The van der Waals surface area contributed by atoms with Crippen LogP contribution in [0, 0.1) is 0 Å². The molecule has 3 N–H and O–H groups in total. The topological polar surface area (TPSA) is 92.1 Å². The summed E-state index contributed by atoms with van der Waals surface area (Å²) < 4.78 is 0.605. The number of hydrogen-bond donors (Lipinski definition) is 2. The van der Waals surface area contributed by atoms with Crippen molar-refractivity contribution in [1.82, 2.24) is 14.9 Å². The maximum absolute atomic E-state index is 11.8. The quantitative estimate of drug-likeness (QED) is 0.861. The highest BCUT2D eigenvalue weighted by Crippen LogP contribution is 2.14. The predicted molar refractivity (Wildman–Crippen MR) is 75.0 cm³/mol. The number of amides is 1. The van der Waals surface area contributed by atoms with Gasteiger partial charge < -0.3 is 15.6 Å². The fraction of sp³-hybridized carbons (Fsp3) is 0.417. The molecule has 0 fully saturated rings. The second kappa shape index (κ2) is 5.50. The third kappa shape index (κ3) is 3.18. The number of nitrogens with zero attached hydrogens (tertiary/aromatic N) is 2. The molecule has 1 unspecified atom stereocenters. The van der Waals surface area contributed by atoms with Crippen LogP contribution >= 0.6 is 11.3 Å². The van der Waals surface area contributed by atoms with Gasteiger partial charge in [0.15, 0.2) is 0 Å². The molecule has 0 spiro atoms. The van der Waals surface area contributed by atoms with Crippen molar-refractivity contribution in [3.8, 4) is 0 Å². The van der Waals surface area contributed by atoms with Crippen LogP contribution < -0.4 is 11.3 Å².